The Morgan fingerprint density at radius 2 is 2.20 bits per heavy atom. The van der Waals surface area contributed by atoms with Crippen LogP contribution in [0, 0.1) is 0 Å². The second-order valence-corrected chi connectivity index (χ2v) is 8.21. The zero-order valence-electron chi connectivity index (χ0n) is 15.3. The summed E-state index contributed by atoms with van der Waals surface area (Å²) >= 11 is 5.77. The number of nitrogen functional groups attached to an aromatic ring is 1. The van der Waals surface area contributed by atoms with Crippen LogP contribution in [0.25, 0.3) is 11.2 Å². The van der Waals surface area contributed by atoms with E-state index in [0.717, 1.165) is 10.9 Å². The highest BCUT2D eigenvalue weighted by atomic mass is 35.5. The number of imidazole rings is 1. The number of carbonyl (C=O) groups excluding carboxylic acids is 1. The number of esters is 1. The Bertz CT molecular complexity index is 989. The summed E-state index contributed by atoms with van der Waals surface area (Å²) in [6.45, 7) is 0.586. The summed E-state index contributed by atoms with van der Waals surface area (Å²) in [6, 6.07) is 0. The van der Waals surface area contributed by atoms with Gasteiger partial charge in [0, 0.05) is 0 Å². The van der Waals surface area contributed by atoms with Crippen LogP contribution in [0.2, 0.25) is 5.28 Å². The second kappa shape index (κ2) is 8.67. The molecule has 0 aliphatic carbocycles. The van der Waals surface area contributed by atoms with E-state index in [1.807, 2.05) is 0 Å². The van der Waals surface area contributed by atoms with Crippen molar-refractivity contribution < 1.29 is 42.9 Å². The monoisotopic (exact) mass is 469 g/mol. The maximum Gasteiger partial charge on any atom is 0.365 e. The predicted octanol–water partition coefficient (Wildman–Crippen LogP) is -0.258. The number of hydrogen-bond donors (Lipinski definition) is 4. The van der Waals surface area contributed by atoms with Crippen LogP contribution in [0.4, 0.5) is 10.2 Å². The topological polar surface area (TPSA) is 192 Å². The standard InChI is InChI=1S/C14H18ClFN5O8P/c1-2-27-12(23)13(30(24,25)26)28-3-5-8(22)6(16)11(29-5)21-4-18-7-9(17)19-14(15)20-10(7)21/h4-6,8,11,13,22H,2-3H2,1H3,(H2,17,19,20)(H2,24,25,26)/t5-,6+,8-,11-,13+/m1/s1. The first-order valence-corrected chi connectivity index (χ1v) is 10.6. The number of fused-ring (bicyclic) bond motifs is 1. The molecule has 3 rings (SSSR count). The number of nitrogens with zero attached hydrogens (tertiary/aromatic N) is 4. The molecule has 1 fully saturated rings. The van der Waals surface area contributed by atoms with Crippen LogP contribution in [-0.4, -0.2) is 77.8 Å². The molecule has 2 aromatic heterocycles. The third kappa shape index (κ3) is 4.39. The van der Waals surface area contributed by atoms with E-state index >= 15 is 0 Å². The third-order valence-electron chi connectivity index (χ3n) is 4.20. The highest BCUT2D eigenvalue weighted by Crippen LogP contribution is 2.43. The maximum absolute atomic E-state index is 14.7. The van der Waals surface area contributed by atoms with Gasteiger partial charge in [0.15, 0.2) is 23.9 Å². The molecule has 0 radical (unpaired) electrons. The minimum atomic E-state index is -5.05. The van der Waals surface area contributed by atoms with Gasteiger partial charge in [0.25, 0.3) is 5.85 Å². The van der Waals surface area contributed by atoms with E-state index in [-0.39, 0.29) is 28.9 Å². The molecule has 3 heterocycles. The van der Waals surface area contributed by atoms with Crippen LogP contribution in [0.3, 0.4) is 0 Å². The number of carbonyl (C=O) groups is 1. The fraction of sp³-hybridized carbons (Fsp3) is 0.571. The van der Waals surface area contributed by atoms with Gasteiger partial charge in [-0.25, -0.2) is 14.2 Å². The molecule has 16 heteroatoms. The van der Waals surface area contributed by atoms with Gasteiger partial charge >= 0.3 is 13.6 Å². The maximum atomic E-state index is 14.7. The lowest BCUT2D eigenvalue weighted by Gasteiger charge is -2.20. The van der Waals surface area contributed by atoms with E-state index < -0.39 is 50.6 Å². The van der Waals surface area contributed by atoms with Crippen LogP contribution in [0.15, 0.2) is 6.33 Å². The summed E-state index contributed by atoms with van der Waals surface area (Å²) in [7, 11) is -5.05. The highest BCUT2D eigenvalue weighted by molar-refractivity contribution is 7.53. The fourth-order valence-electron chi connectivity index (χ4n) is 2.86. The van der Waals surface area contributed by atoms with Gasteiger partial charge in [0.1, 0.15) is 17.7 Å². The molecule has 0 amide bonds. The van der Waals surface area contributed by atoms with Gasteiger partial charge < -0.3 is 34.8 Å². The molecule has 13 nitrogen and oxygen atoms in total. The van der Waals surface area contributed by atoms with Crippen molar-refractivity contribution in [2.24, 2.45) is 0 Å². The molecule has 30 heavy (non-hydrogen) atoms. The average molecular weight is 470 g/mol. The van der Waals surface area contributed by atoms with Gasteiger partial charge in [-0.1, -0.05) is 0 Å². The minimum absolute atomic E-state index is 0.0449. The Morgan fingerprint density at radius 3 is 2.83 bits per heavy atom. The lowest BCUT2D eigenvalue weighted by molar-refractivity contribution is -0.155. The second-order valence-electron chi connectivity index (χ2n) is 6.23. The van der Waals surface area contributed by atoms with Crippen molar-refractivity contribution in [1.82, 2.24) is 19.5 Å². The van der Waals surface area contributed by atoms with Crippen molar-refractivity contribution in [1.29, 1.82) is 0 Å². The van der Waals surface area contributed by atoms with E-state index in [4.69, 9.17) is 26.8 Å². The summed E-state index contributed by atoms with van der Waals surface area (Å²) in [5.74, 6) is -3.59. The van der Waals surface area contributed by atoms with Gasteiger partial charge in [0.2, 0.25) is 5.28 Å². The lowest BCUT2D eigenvalue weighted by Crippen LogP contribution is -2.35. The van der Waals surface area contributed by atoms with Crippen molar-refractivity contribution in [3.8, 4) is 0 Å². The number of hydrogen-bond acceptors (Lipinski definition) is 10. The van der Waals surface area contributed by atoms with Crippen LogP contribution in [0.1, 0.15) is 13.2 Å². The van der Waals surface area contributed by atoms with Crippen molar-refractivity contribution in [2.45, 2.75) is 37.4 Å². The summed E-state index contributed by atoms with van der Waals surface area (Å²) < 4.78 is 42.3. The number of aromatic nitrogens is 4. The van der Waals surface area contributed by atoms with Crippen molar-refractivity contribution in [3.63, 3.8) is 0 Å². The molecule has 0 aromatic carbocycles. The smallest absolute Gasteiger partial charge is 0.365 e. The summed E-state index contributed by atoms with van der Waals surface area (Å²) in [5.41, 5.74) is 5.88. The van der Waals surface area contributed by atoms with Gasteiger partial charge in [-0.2, -0.15) is 9.97 Å². The van der Waals surface area contributed by atoms with Crippen LogP contribution >= 0.6 is 19.2 Å². The van der Waals surface area contributed by atoms with Gasteiger partial charge in [-0.15, -0.1) is 0 Å². The Hall–Kier alpha value is -1.93. The van der Waals surface area contributed by atoms with E-state index in [1.54, 1.807) is 0 Å². The molecule has 0 spiro atoms. The Kier molecular flexibility index (Phi) is 6.57. The van der Waals surface area contributed by atoms with Crippen molar-refractivity contribution in [2.75, 3.05) is 18.9 Å². The molecule has 166 valence electrons. The molecule has 0 unspecified atom stereocenters. The van der Waals surface area contributed by atoms with Crippen LogP contribution in [0.5, 0.6) is 0 Å². The molecule has 0 saturated carbocycles. The number of aliphatic hydroxyl groups is 1. The van der Waals surface area contributed by atoms with Gasteiger partial charge in [0.05, 0.1) is 19.5 Å². The normalized spacial score (nSPS) is 25.5. The molecule has 1 aliphatic heterocycles. The molecule has 5 atom stereocenters. The minimum Gasteiger partial charge on any atom is -0.464 e. The summed E-state index contributed by atoms with van der Waals surface area (Å²) in [6.07, 6.45) is -5.39. The van der Waals surface area contributed by atoms with E-state index in [9.17, 15) is 28.6 Å². The molecule has 1 aliphatic rings. The van der Waals surface area contributed by atoms with Crippen molar-refractivity contribution in [3.05, 3.63) is 11.6 Å². The van der Waals surface area contributed by atoms with Gasteiger partial charge in [-0.05, 0) is 18.5 Å². The number of alkyl halides is 1. The van der Waals surface area contributed by atoms with Crippen LogP contribution < -0.4 is 5.73 Å². The Morgan fingerprint density at radius 1 is 1.50 bits per heavy atom. The average Bonchev–Trinajstić information content (AvgIpc) is 3.17. The molecule has 5 N–H and O–H groups in total. The van der Waals surface area contributed by atoms with Crippen molar-refractivity contribution >= 4 is 42.1 Å². The molecular formula is C14H18ClFN5O8P. The third-order valence-corrected chi connectivity index (χ3v) is 5.34. The number of aliphatic hydroxyl groups excluding tert-OH is 1. The van der Waals surface area contributed by atoms with Crippen LogP contribution in [-0.2, 0) is 23.6 Å². The zero-order chi connectivity index (χ0) is 22.2. The molecule has 0 bridgehead atoms. The van der Waals surface area contributed by atoms with Gasteiger partial charge in [-0.3, -0.25) is 9.13 Å². The number of ether oxygens (including phenoxy) is 3. The summed E-state index contributed by atoms with van der Waals surface area (Å²) in [5, 5.41) is 9.94. The quantitative estimate of drug-likeness (QED) is 0.236. The molecule has 2 aromatic rings. The highest BCUT2D eigenvalue weighted by Gasteiger charge is 2.47. The SMILES string of the molecule is CCOC(=O)[C@@H](OC[C@H]1O[C@@H](n2cnc3c(N)nc(Cl)nc32)[C@@H](F)[C@@H]1O)P(=O)(O)O. The Labute approximate surface area is 173 Å². The number of anilines is 1. The lowest BCUT2D eigenvalue weighted by atomic mass is 10.1. The number of halogens is 2. The molecule has 1 saturated heterocycles. The Balaban J connectivity index is 1.79. The van der Waals surface area contributed by atoms with E-state index in [2.05, 4.69) is 19.7 Å². The first kappa shape index (κ1) is 22.7. The first-order valence-electron chi connectivity index (χ1n) is 8.51. The first-order chi connectivity index (χ1) is 14.0. The fourth-order valence-corrected chi connectivity index (χ4v) is 3.66. The summed E-state index contributed by atoms with van der Waals surface area (Å²) in [4.78, 5) is 42.0. The molecular weight excluding hydrogens is 452 g/mol. The number of rotatable bonds is 7. The zero-order valence-corrected chi connectivity index (χ0v) is 17.0. The largest absolute Gasteiger partial charge is 0.464 e. The van der Waals surface area contributed by atoms with E-state index in [1.165, 1.54) is 6.92 Å². The number of nitrogens with two attached hydrogens (primary N) is 1. The predicted molar refractivity (Wildman–Crippen MR) is 98.0 cm³/mol. The van der Waals surface area contributed by atoms with E-state index in [0.29, 0.717) is 0 Å².